The summed E-state index contributed by atoms with van der Waals surface area (Å²) in [5, 5.41) is 14.2. The Morgan fingerprint density at radius 1 is 1.14 bits per heavy atom. The molecule has 2 aromatic rings. The van der Waals surface area contributed by atoms with Crippen LogP contribution in [0, 0.1) is 0 Å². The average Bonchev–Trinajstić information content (AvgIpc) is 2.96. The topological polar surface area (TPSA) is 41.0 Å². The van der Waals surface area contributed by atoms with Crippen molar-refractivity contribution in [3.8, 4) is 0 Å². The van der Waals surface area contributed by atoms with Gasteiger partial charge in [0.1, 0.15) is 0 Å². The Labute approximate surface area is 131 Å². The van der Waals surface area contributed by atoms with Crippen molar-refractivity contribution in [2.75, 3.05) is 4.90 Å². The number of nitrogens with one attached hydrogen (secondary N) is 1. The number of hydrogen-bond donors (Lipinski definition) is 1. The van der Waals surface area contributed by atoms with Gasteiger partial charge in [-0.1, -0.05) is 19.9 Å². The smallest absolute Gasteiger partial charge is 0.151 e. The summed E-state index contributed by atoms with van der Waals surface area (Å²) >= 11 is 1.78. The molecule has 0 saturated carbocycles. The number of thiophene rings is 1. The normalized spacial score (nSPS) is 11.3. The van der Waals surface area contributed by atoms with E-state index in [0.29, 0.717) is 12.1 Å². The van der Waals surface area contributed by atoms with Crippen LogP contribution < -0.4 is 10.2 Å². The minimum atomic E-state index is 0.390. The van der Waals surface area contributed by atoms with Crippen LogP contribution in [0.15, 0.2) is 29.6 Å². The molecule has 2 rings (SSSR count). The molecule has 0 aliphatic heterocycles. The molecule has 0 aromatic carbocycles. The van der Waals surface area contributed by atoms with Crippen LogP contribution in [0.1, 0.15) is 38.3 Å². The highest BCUT2D eigenvalue weighted by atomic mass is 32.1. The standard InChI is InChI=1S/C16H24N4S/c1-12(2)17-10-14-7-8-16(19-18-14)20(13(3)4)11-15-6-5-9-21-15/h5-9,12-13,17H,10-11H2,1-4H3. The fourth-order valence-corrected chi connectivity index (χ4v) is 2.71. The lowest BCUT2D eigenvalue weighted by atomic mass is 10.2. The van der Waals surface area contributed by atoms with Crippen LogP contribution in [-0.4, -0.2) is 22.3 Å². The molecule has 0 radical (unpaired) electrons. The van der Waals surface area contributed by atoms with Crippen molar-refractivity contribution in [1.29, 1.82) is 0 Å². The van der Waals surface area contributed by atoms with E-state index in [2.05, 4.69) is 77.8 Å². The van der Waals surface area contributed by atoms with Crippen LogP contribution in [0.2, 0.25) is 0 Å². The van der Waals surface area contributed by atoms with Crippen molar-refractivity contribution < 1.29 is 0 Å². The number of rotatable bonds is 7. The Kier molecular flexibility index (Phi) is 5.70. The van der Waals surface area contributed by atoms with Crippen LogP contribution in [-0.2, 0) is 13.1 Å². The molecule has 0 saturated heterocycles. The van der Waals surface area contributed by atoms with E-state index in [0.717, 1.165) is 24.6 Å². The van der Waals surface area contributed by atoms with E-state index in [1.165, 1.54) is 4.88 Å². The quantitative estimate of drug-likeness (QED) is 0.850. The highest BCUT2D eigenvalue weighted by Gasteiger charge is 2.13. The minimum absolute atomic E-state index is 0.390. The lowest BCUT2D eigenvalue weighted by Crippen LogP contribution is -2.31. The monoisotopic (exact) mass is 304 g/mol. The highest BCUT2D eigenvalue weighted by molar-refractivity contribution is 7.09. The maximum Gasteiger partial charge on any atom is 0.151 e. The van der Waals surface area contributed by atoms with Gasteiger partial charge in [-0.2, -0.15) is 5.10 Å². The largest absolute Gasteiger partial charge is 0.348 e. The van der Waals surface area contributed by atoms with Gasteiger partial charge in [-0.05, 0) is 37.4 Å². The Bertz CT molecular complexity index is 520. The zero-order chi connectivity index (χ0) is 15.2. The van der Waals surface area contributed by atoms with E-state index in [-0.39, 0.29) is 0 Å². The molecular weight excluding hydrogens is 280 g/mol. The summed E-state index contributed by atoms with van der Waals surface area (Å²) < 4.78 is 0. The SMILES string of the molecule is CC(C)NCc1ccc(N(Cc2cccs2)C(C)C)nn1. The number of hydrogen-bond acceptors (Lipinski definition) is 5. The van der Waals surface area contributed by atoms with Crippen LogP contribution in [0.25, 0.3) is 0 Å². The molecule has 1 N–H and O–H groups in total. The molecule has 0 amide bonds. The third-order valence-electron chi connectivity index (χ3n) is 3.22. The van der Waals surface area contributed by atoms with Crippen LogP contribution in [0.3, 0.4) is 0 Å². The second-order valence-corrected chi connectivity index (χ2v) is 6.75. The maximum atomic E-state index is 4.40. The molecule has 0 aliphatic rings. The number of nitrogens with zero attached hydrogens (tertiary/aromatic N) is 3. The van der Waals surface area contributed by atoms with Crippen molar-refractivity contribution in [3.05, 3.63) is 40.2 Å². The van der Waals surface area contributed by atoms with Gasteiger partial charge in [-0.3, -0.25) is 0 Å². The molecule has 0 fully saturated rings. The van der Waals surface area contributed by atoms with Crippen LogP contribution in [0.4, 0.5) is 5.82 Å². The van der Waals surface area contributed by atoms with E-state index in [4.69, 9.17) is 0 Å². The molecule has 21 heavy (non-hydrogen) atoms. The van der Waals surface area contributed by atoms with Crippen molar-refractivity contribution in [1.82, 2.24) is 15.5 Å². The summed E-state index contributed by atoms with van der Waals surface area (Å²) in [5.41, 5.74) is 0.979. The van der Waals surface area contributed by atoms with E-state index in [9.17, 15) is 0 Å². The molecule has 0 spiro atoms. The number of anilines is 1. The van der Waals surface area contributed by atoms with E-state index < -0.39 is 0 Å². The Balaban J connectivity index is 2.06. The predicted octanol–water partition coefficient (Wildman–Crippen LogP) is 3.45. The van der Waals surface area contributed by atoms with Gasteiger partial charge < -0.3 is 10.2 Å². The van der Waals surface area contributed by atoms with Gasteiger partial charge in [0, 0.05) is 23.5 Å². The van der Waals surface area contributed by atoms with Gasteiger partial charge in [-0.15, -0.1) is 16.4 Å². The molecule has 0 aliphatic carbocycles. The van der Waals surface area contributed by atoms with Crippen LogP contribution in [0.5, 0.6) is 0 Å². The first kappa shape index (κ1) is 15.9. The zero-order valence-corrected chi connectivity index (χ0v) is 14.0. The molecule has 0 atom stereocenters. The van der Waals surface area contributed by atoms with Crippen molar-refractivity contribution >= 4 is 17.2 Å². The Morgan fingerprint density at radius 2 is 1.95 bits per heavy atom. The van der Waals surface area contributed by atoms with Crippen molar-refractivity contribution in [3.63, 3.8) is 0 Å². The summed E-state index contributed by atoms with van der Waals surface area (Å²) in [6.45, 7) is 10.3. The summed E-state index contributed by atoms with van der Waals surface area (Å²) in [6, 6.07) is 9.22. The molecule has 0 unspecified atom stereocenters. The first-order valence-electron chi connectivity index (χ1n) is 7.41. The Morgan fingerprint density at radius 3 is 2.48 bits per heavy atom. The molecule has 0 bridgehead atoms. The molecule has 114 valence electrons. The van der Waals surface area contributed by atoms with E-state index >= 15 is 0 Å². The predicted molar refractivity (Wildman–Crippen MR) is 89.6 cm³/mol. The van der Waals surface area contributed by atoms with Gasteiger partial charge in [0.2, 0.25) is 0 Å². The molecular formula is C16H24N4S. The first-order chi connectivity index (χ1) is 10.1. The van der Waals surface area contributed by atoms with Gasteiger partial charge in [0.25, 0.3) is 0 Å². The third kappa shape index (κ3) is 4.79. The van der Waals surface area contributed by atoms with E-state index in [1.807, 2.05) is 0 Å². The van der Waals surface area contributed by atoms with Gasteiger partial charge in [0.15, 0.2) is 5.82 Å². The zero-order valence-electron chi connectivity index (χ0n) is 13.2. The second kappa shape index (κ2) is 7.52. The average molecular weight is 304 g/mol. The highest BCUT2D eigenvalue weighted by Crippen LogP contribution is 2.19. The molecule has 4 nitrogen and oxygen atoms in total. The van der Waals surface area contributed by atoms with Gasteiger partial charge >= 0.3 is 0 Å². The van der Waals surface area contributed by atoms with Crippen molar-refractivity contribution in [2.45, 2.75) is 52.9 Å². The lowest BCUT2D eigenvalue weighted by Gasteiger charge is -2.27. The molecule has 5 heteroatoms. The van der Waals surface area contributed by atoms with Crippen molar-refractivity contribution in [2.24, 2.45) is 0 Å². The fraction of sp³-hybridized carbons (Fsp3) is 0.500. The molecule has 2 aromatic heterocycles. The lowest BCUT2D eigenvalue weighted by molar-refractivity contribution is 0.576. The van der Waals surface area contributed by atoms with Gasteiger partial charge in [0.05, 0.1) is 12.2 Å². The van der Waals surface area contributed by atoms with Gasteiger partial charge in [-0.25, -0.2) is 0 Å². The maximum absolute atomic E-state index is 4.40. The van der Waals surface area contributed by atoms with E-state index in [1.54, 1.807) is 11.3 Å². The first-order valence-corrected chi connectivity index (χ1v) is 8.29. The number of aromatic nitrogens is 2. The second-order valence-electron chi connectivity index (χ2n) is 5.72. The summed E-state index contributed by atoms with van der Waals surface area (Å²) in [7, 11) is 0. The Hall–Kier alpha value is -1.46. The minimum Gasteiger partial charge on any atom is -0.348 e. The summed E-state index contributed by atoms with van der Waals surface area (Å²) in [5.74, 6) is 0.937. The third-order valence-corrected chi connectivity index (χ3v) is 4.08. The summed E-state index contributed by atoms with van der Waals surface area (Å²) in [6.07, 6.45) is 0. The fourth-order valence-electron chi connectivity index (χ4n) is 2.01. The summed E-state index contributed by atoms with van der Waals surface area (Å²) in [4.78, 5) is 3.62. The van der Waals surface area contributed by atoms with Crippen LogP contribution >= 0.6 is 11.3 Å². The molecule has 2 heterocycles.